The summed E-state index contributed by atoms with van der Waals surface area (Å²) in [6, 6.07) is 0. The monoisotopic (exact) mass is 214 g/mol. The van der Waals surface area contributed by atoms with Crippen LogP contribution in [-0.4, -0.2) is 21.0 Å². The summed E-state index contributed by atoms with van der Waals surface area (Å²) in [6.07, 6.45) is 1.20. The van der Waals surface area contributed by atoms with Gasteiger partial charge >= 0.3 is 16.9 Å². The topological polar surface area (TPSA) is 124 Å². The van der Waals surface area contributed by atoms with E-state index in [1.54, 1.807) is 0 Å². The van der Waals surface area contributed by atoms with Crippen molar-refractivity contribution in [3.05, 3.63) is 37.1 Å². The van der Waals surface area contributed by atoms with Gasteiger partial charge in [0.25, 0.3) is 0 Å². The SMILES string of the molecule is NCCCn1c(=O)[nH]cc([N+](=O)[O-])c1=O. The highest BCUT2D eigenvalue weighted by Crippen LogP contribution is 1.97. The van der Waals surface area contributed by atoms with Gasteiger partial charge in [-0.2, -0.15) is 0 Å². The molecule has 8 nitrogen and oxygen atoms in total. The Balaban J connectivity index is 3.25. The second kappa shape index (κ2) is 4.51. The molecule has 3 N–H and O–H groups in total. The van der Waals surface area contributed by atoms with Crippen molar-refractivity contribution in [1.29, 1.82) is 0 Å². The van der Waals surface area contributed by atoms with E-state index in [1.807, 2.05) is 0 Å². The lowest BCUT2D eigenvalue weighted by molar-refractivity contribution is -0.386. The minimum atomic E-state index is -0.905. The minimum absolute atomic E-state index is 0.0757. The van der Waals surface area contributed by atoms with Crippen LogP contribution in [0.25, 0.3) is 0 Å². The lowest BCUT2D eigenvalue weighted by atomic mass is 10.4. The standard InChI is InChI=1S/C7H10N4O4/c8-2-1-3-10-6(12)5(11(14)15)4-9-7(10)13/h4H,1-3,8H2,(H,9,13). The third-order valence-electron chi connectivity index (χ3n) is 1.82. The molecule has 0 unspecified atom stereocenters. The fraction of sp³-hybridized carbons (Fsp3) is 0.429. The van der Waals surface area contributed by atoms with E-state index < -0.39 is 21.9 Å². The highest BCUT2D eigenvalue weighted by Gasteiger charge is 2.15. The first-order chi connectivity index (χ1) is 7.07. The van der Waals surface area contributed by atoms with E-state index in [9.17, 15) is 19.7 Å². The van der Waals surface area contributed by atoms with Gasteiger partial charge in [0.2, 0.25) is 0 Å². The zero-order valence-electron chi connectivity index (χ0n) is 7.80. The molecule has 82 valence electrons. The molecule has 0 saturated heterocycles. The van der Waals surface area contributed by atoms with Gasteiger partial charge in [-0.3, -0.25) is 19.5 Å². The van der Waals surface area contributed by atoms with Gasteiger partial charge in [0.05, 0.1) is 11.1 Å². The number of hydrogen-bond acceptors (Lipinski definition) is 5. The third kappa shape index (κ3) is 2.29. The van der Waals surface area contributed by atoms with Crippen LogP contribution in [0.1, 0.15) is 6.42 Å². The van der Waals surface area contributed by atoms with Gasteiger partial charge in [-0.05, 0) is 13.0 Å². The summed E-state index contributed by atoms with van der Waals surface area (Å²) in [7, 11) is 0. The Labute approximate surface area is 83.5 Å². The van der Waals surface area contributed by atoms with Crippen molar-refractivity contribution in [1.82, 2.24) is 9.55 Å². The smallest absolute Gasteiger partial charge is 0.330 e. The molecule has 0 aliphatic carbocycles. The number of nitro groups is 1. The van der Waals surface area contributed by atoms with Gasteiger partial charge in [-0.1, -0.05) is 0 Å². The fourth-order valence-electron chi connectivity index (χ4n) is 1.08. The average Bonchev–Trinajstić information content (AvgIpc) is 2.17. The molecule has 0 spiro atoms. The molecule has 0 aliphatic rings. The molecule has 1 aromatic heterocycles. The van der Waals surface area contributed by atoms with Crippen molar-refractivity contribution < 1.29 is 4.92 Å². The summed E-state index contributed by atoms with van der Waals surface area (Å²) in [6.45, 7) is 0.376. The Kier molecular flexibility index (Phi) is 3.34. The summed E-state index contributed by atoms with van der Waals surface area (Å²) in [5.74, 6) is 0. The number of H-pyrrole nitrogens is 1. The average molecular weight is 214 g/mol. The van der Waals surface area contributed by atoms with Crippen LogP contribution in [0.3, 0.4) is 0 Å². The number of nitrogens with two attached hydrogens (primary N) is 1. The van der Waals surface area contributed by atoms with Gasteiger partial charge in [0.1, 0.15) is 0 Å². The van der Waals surface area contributed by atoms with Crippen molar-refractivity contribution >= 4 is 5.69 Å². The van der Waals surface area contributed by atoms with Crippen LogP contribution < -0.4 is 17.0 Å². The van der Waals surface area contributed by atoms with Crippen molar-refractivity contribution in [2.75, 3.05) is 6.54 Å². The van der Waals surface area contributed by atoms with E-state index in [2.05, 4.69) is 4.98 Å². The molecule has 0 saturated carbocycles. The lowest BCUT2D eigenvalue weighted by Crippen LogP contribution is -2.36. The number of rotatable bonds is 4. The van der Waals surface area contributed by atoms with Crippen molar-refractivity contribution in [3.63, 3.8) is 0 Å². The maximum absolute atomic E-state index is 11.4. The molecule has 15 heavy (non-hydrogen) atoms. The predicted molar refractivity (Wildman–Crippen MR) is 51.6 cm³/mol. The number of nitrogens with one attached hydrogen (secondary N) is 1. The molecule has 0 aromatic carbocycles. The van der Waals surface area contributed by atoms with Crippen LogP contribution in [-0.2, 0) is 6.54 Å². The van der Waals surface area contributed by atoms with Gasteiger partial charge in [-0.15, -0.1) is 0 Å². The molecule has 0 amide bonds. The number of nitrogens with zero attached hydrogens (tertiary/aromatic N) is 2. The van der Waals surface area contributed by atoms with Gasteiger partial charge < -0.3 is 10.7 Å². The van der Waals surface area contributed by atoms with Gasteiger partial charge in [0.15, 0.2) is 0 Å². The maximum Gasteiger partial charge on any atom is 0.350 e. The summed E-state index contributed by atoms with van der Waals surface area (Å²) in [5.41, 5.74) is 2.99. The molecular weight excluding hydrogens is 204 g/mol. The summed E-state index contributed by atoms with van der Waals surface area (Å²) in [5, 5.41) is 10.4. The van der Waals surface area contributed by atoms with Crippen LogP contribution >= 0.6 is 0 Å². The lowest BCUT2D eigenvalue weighted by Gasteiger charge is -2.01. The quantitative estimate of drug-likeness (QED) is 0.480. The van der Waals surface area contributed by atoms with E-state index in [4.69, 9.17) is 5.73 Å². The van der Waals surface area contributed by atoms with Crippen LogP contribution in [0.5, 0.6) is 0 Å². The van der Waals surface area contributed by atoms with Crippen LogP contribution in [0, 0.1) is 10.1 Å². The van der Waals surface area contributed by atoms with E-state index in [1.165, 1.54) is 0 Å². The third-order valence-corrected chi connectivity index (χ3v) is 1.82. The van der Waals surface area contributed by atoms with Crippen LogP contribution in [0.4, 0.5) is 5.69 Å². The van der Waals surface area contributed by atoms with Crippen LogP contribution in [0.15, 0.2) is 15.8 Å². The Morgan fingerprint density at radius 2 is 2.20 bits per heavy atom. The first-order valence-corrected chi connectivity index (χ1v) is 4.25. The molecule has 0 atom stereocenters. The molecule has 0 radical (unpaired) electrons. The molecule has 0 fully saturated rings. The largest absolute Gasteiger partial charge is 0.350 e. The van der Waals surface area contributed by atoms with Crippen molar-refractivity contribution in [2.45, 2.75) is 13.0 Å². The normalized spacial score (nSPS) is 10.2. The summed E-state index contributed by atoms with van der Waals surface area (Å²) in [4.78, 5) is 34.3. The Morgan fingerprint density at radius 1 is 1.53 bits per heavy atom. The second-order valence-electron chi connectivity index (χ2n) is 2.84. The number of aromatic nitrogens is 2. The maximum atomic E-state index is 11.4. The molecule has 0 aliphatic heterocycles. The van der Waals surface area contributed by atoms with Crippen LogP contribution in [0.2, 0.25) is 0 Å². The first kappa shape index (κ1) is 11.1. The van der Waals surface area contributed by atoms with E-state index >= 15 is 0 Å². The number of aromatic amines is 1. The Bertz CT molecular complexity index is 475. The zero-order chi connectivity index (χ0) is 11.4. The minimum Gasteiger partial charge on any atom is -0.330 e. The Morgan fingerprint density at radius 3 is 2.73 bits per heavy atom. The fourth-order valence-corrected chi connectivity index (χ4v) is 1.08. The highest BCUT2D eigenvalue weighted by atomic mass is 16.6. The van der Waals surface area contributed by atoms with Gasteiger partial charge in [0, 0.05) is 6.54 Å². The molecule has 0 bridgehead atoms. The summed E-state index contributed by atoms with van der Waals surface area (Å²) >= 11 is 0. The first-order valence-electron chi connectivity index (χ1n) is 4.25. The van der Waals surface area contributed by atoms with E-state index in [0.29, 0.717) is 13.0 Å². The zero-order valence-corrected chi connectivity index (χ0v) is 7.80. The van der Waals surface area contributed by atoms with E-state index in [-0.39, 0.29) is 6.54 Å². The number of hydrogen-bond donors (Lipinski definition) is 2. The predicted octanol–water partition coefficient (Wildman–Crippen LogP) is -1.21. The molecule has 1 heterocycles. The highest BCUT2D eigenvalue weighted by molar-refractivity contribution is 5.20. The van der Waals surface area contributed by atoms with E-state index in [0.717, 1.165) is 10.8 Å². The second-order valence-corrected chi connectivity index (χ2v) is 2.84. The molecule has 1 aromatic rings. The molecule has 8 heteroatoms. The molecule has 1 rings (SSSR count). The van der Waals surface area contributed by atoms with Crippen molar-refractivity contribution in [3.8, 4) is 0 Å². The Hall–Kier alpha value is -1.96. The van der Waals surface area contributed by atoms with Gasteiger partial charge in [-0.25, -0.2) is 4.79 Å². The summed E-state index contributed by atoms with van der Waals surface area (Å²) < 4.78 is 0.769. The van der Waals surface area contributed by atoms with Crippen molar-refractivity contribution in [2.24, 2.45) is 5.73 Å². The molecular formula is C7H10N4O4.